The molecule has 0 aromatic rings. The Morgan fingerprint density at radius 3 is 2.42 bits per heavy atom. The van der Waals surface area contributed by atoms with Crippen LogP contribution in [0.2, 0.25) is 0 Å². The number of rotatable bonds is 5. The Kier molecular flexibility index (Phi) is 3.13. The summed E-state index contributed by atoms with van der Waals surface area (Å²) in [5.74, 6) is 0.634. The Labute approximate surface area is 74.9 Å². The van der Waals surface area contributed by atoms with Crippen LogP contribution in [0.1, 0.15) is 40.0 Å². The summed E-state index contributed by atoms with van der Waals surface area (Å²) in [5, 5.41) is 8.69. The van der Waals surface area contributed by atoms with E-state index in [1.165, 1.54) is 6.42 Å². The van der Waals surface area contributed by atoms with Crippen molar-refractivity contribution in [3.63, 3.8) is 0 Å². The minimum atomic E-state index is 0.138. The second kappa shape index (κ2) is 3.75. The van der Waals surface area contributed by atoms with Gasteiger partial charge in [0, 0.05) is 6.61 Å². The van der Waals surface area contributed by atoms with Crippen molar-refractivity contribution in [3.05, 3.63) is 0 Å². The molecule has 1 heterocycles. The normalized spacial score (nSPS) is 28.5. The zero-order valence-corrected chi connectivity index (χ0v) is 8.34. The van der Waals surface area contributed by atoms with Crippen molar-refractivity contribution in [1.82, 2.24) is 0 Å². The van der Waals surface area contributed by atoms with Crippen LogP contribution in [-0.2, 0) is 4.74 Å². The van der Waals surface area contributed by atoms with Gasteiger partial charge in [0.05, 0.1) is 11.7 Å². The van der Waals surface area contributed by atoms with Gasteiger partial charge in [-0.2, -0.15) is 0 Å². The highest BCUT2D eigenvalue weighted by Crippen LogP contribution is 2.39. The fraction of sp³-hybridized carbons (Fsp3) is 1.00. The Balaban J connectivity index is 2.03. The van der Waals surface area contributed by atoms with E-state index in [2.05, 4.69) is 20.8 Å². The molecule has 1 unspecified atom stereocenters. The molecule has 1 saturated heterocycles. The monoisotopic (exact) mass is 172 g/mol. The van der Waals surface area contributed by atoms with Crippen LogP contribution in [0.5, 0.6) is 0 Å². The molecule has 0 spiro atoms. The fourth-order valence-electron chi connectivity index (χ4n) is 1.54. The van der Waals surface area contributed by atoms with E-state index in [0.29, 0.717) is 18.6 Å². The van der Waals surface area contributed by atoms with E-state index in [1.807, 2.05) is 0 Å². The first-order valence-electron chi connectivity index (χ1n) is 4.85. The van der Waals surface area contributed by atoms with Crippen LogP contribution >= 0.6 is 0 Å². The zero-order chi connectivity index (χ0) is 9.19. The lowest BCUT2D eigenvalue weighted by Gasteiger charge is -2.07. The number of aliphatic hydroxyl groups is 1. The molecule has 0 bridgehead atoms. The number of hydrogen-bond acceptors (Lipinski definition) is 2. The highest BCUT2D eigenvalue weighted by atomic mass is 16.6. The van der Waals surface area contributed by atoms with Gasteiger partial charge in [-0.25, -0.2) is 0 Å². The molecule has 12 heavy (non-hydrogen) atoms. The highest BCUT2D eigenvalue weighted by Gasteiger charge is 2.46. The molecule has 1 rings (SSSR count). The number of hydrogen-bond donors (Lipinski definition) is 1. The molecule has 2 atom stereocenters. The quantitative estimate of drug-likeness (QED) is 0.643. The third-order valence-electron chi connectivity index (χ3n) is 2.71. The van der Waals surface area contributed by atoms with E-state index in [9.17, 15) is 0 Å². The first-order chi connectivity index (χ1) is 5.56. The van der Waals surface area contributed by atoms with Gasteiger partial charge in [-0.05, 0) is 39.0 Å². The van der Waals surface area contributed by atoms with E-state index in [4.69, 9.17) is 9.84 Å². The summed E-state index contributed by atoms with van der Waals surface area (Å²) in [6.45, 7) is 6.77. The van der Waals surface area contributed by atoms with Crippen molar-refractivity contribution >= 4 is 0 Å². The van der Waals surface area contributed by atoms with Crippen molar-refractivity contribution in [2.45, 2.75) is 51.7 Å². The SMILES string of the molecule is C[C@H](CCO)CCC1OC1(C)C. The van der Waals surface area contributed by atoms with Gasteiger partial charge in [-0.15, -0.1) is 0 Å². The van der Waals surface area contributed by atoms with Crippen molar-refractivity contribution in [3.8, 4) is 0 Å². The van der Waals surface area contributed by atoms with Crippen LogP contribution in [0.15, 0.2) is 0 Å². The first-order valence-corrected chi connectivity index (χ1v) is 4.85. The van der Waals surface area contributed by atoms with Crippen molar-refractivity contribution in [2.24, 2.45) is 5.92 Å². The molecule has 72 valence electrons. The summed E-state index contributed by atoms with van der Waals surface area (Å²) < 4.78 is 5.47. The van der Waals surface area contributed by atoms with Crippen molar-refractivity contribution in [1.29, 1.82) is 0 Å². The van der Waals surface area contributed by atoms with Crippen LogP contribution in [0.3, 0.4) is 0 Å². The van der Waals surface area contributed by atoms with Gasteiger partial charge < -0.3 is 9.84 Å². The number of epoxide rings is 1. The zero-order valence-electron chi connectivity index (χ0n) is 8.34. The molecule has 1 N–H and O–H groups in total. The average molecular weight is 172 g/mol. The summed E-state index contributed by atoms with van der Waals surface area (Å²) in [5.41, 5.74) is 0.138. The minimum absolute atomic E-state index is 0.138. The fourth-order valence-corrected chi connectivity index (χ4v) is 1.54. The smallest absolute Gasteiger partial charge is 0.0892 e. The molecule has 1 aliphatic heterocycles. The predicted octanol–water partition coefficient (Wildman–Crippen LogP) is 1.96. The largest absolute Gasteiger partial charge is 0.396 e. The van der Waals surface area contributed by atoms with E-state index in [1.54, 1.807) is 0 Å². The first kappa shape index (κ1) is 10.0. The third kappa shape index (κ3) is 2.76. The molecule has 1 fully saturated rings. The van der Waals surface area contributed by atoms with E-state index >= 15 is 0 Å². The third-order valence-corrected chi connectivity index (χ3v) is 2.71. The second-order valence-electron chi connectivity index (χ2n) is 4.40. The van der Waals surface area contributed by atoms with Gasteiger partial charge in [-0.3, -0.25) is 0 Å². The molecule has 2 nitrogen and oxygen atoms in total. The van der Waals surface area contributed by atoms with E-state index in [-0.39, 0.29) is 5.60 Å². The van der Waals surface area contributed by atoms with Gasteiger partial charge in [0.2, 0.25) is 0 Å². The Morgan fingerprint density at radius 2 is 2.00 bits per heavy atom. The maximum atomic E-state index is 8.69. The molecule has 0 aromatic heterocycles. The van der Waals surface area contributed by atoms with Gasteiger partial charge in [0.15, 0.2) is 0 Å². The van der Waals surface area contributed by atoms with Crippen LogP contribution in [-0.4, -0.2) is 23.4 Å². The number of aliphatic hydroxyl groups excluding tert-OH is 1. The lowest BCUT2D eigenvalue weighted by atomic mass is 9.98. The Morgan fingerprint density at radius 1 is 1.42 bits per heavy atom. The van der Waals surface area contributed by atoms with Gasteiger partial charge >= 0.3 is 0 Å². The molecule has 0 aliphatic carbocycles. The molecule has 1 aliphatic rings. The van der Waals surface area contributed by atoms with E-state index in [0.717, 1.165) is 12.8 Å². The Bertz CT molecular complexity index is 143. The van der Waals surface area contributed by atoms with Gasteiger partial charge in [-0.1, -0.05) is 6.92 Å². The van der Waals surface area contributed by atoms with Crippen molar-refractivity contribution in [2.75, 3.05) is 6.61 Å². The van der Waals surface area contributed by atoms with Crippen LogP contribution in [0.4, 0.5) is 0 Å². The summed E-state index contributed by atoms with van der Waals surface area (Å²) in [6, 6.07) is 0. The topological polar surface area (TPSA) is 32.8 Å². The second-order valence-corrected chi connectivity index (χ2v) is 4.40. The average Bonchev–Trinajstić information content (AvgIpc) is 2.56. The molecule has 0 radical (unpaired) electrons. The molecule has 0 amide bonds. The lowest BCUT2D eigenvalue weighted by molar-refractivity contribution is 0.253. The van der Waals surface area contributed by atoms with Crippen LogP contribution in [0.25, 0.3) is 0 Å². The Hall–Kier alpha value is -0.0800. The van der Waals surface area contributed by atoms with E-state index < -0.39 is 0 Å². The minimum Gasteiger partial charge on any atom is -0.396 e. The summed E-state index contributed by atoms with van der Waals surface area (Å²) >= 11 is 0. The van der Waals surface area contributed by atoms with Crippen LogP contribution < -0.4 is 0 Å². The molecule has 2 heteroatoms. The van der Waals surface area contributed by atoms with Crippen molar-refractivity contribution < 1.29 is 9.84 Å². The maximum absolute atomic E-state index is 8.69. The lowest BCUT2D eigenvalue weighted by Crippen LogP contribution is -2.05. The standard InChI is InChI=1S/C10H20O2/c1-8(6-7-11)4-5-9-10(2,3)12-9/h8-9,11H,4-7H2,1-3H3/t8-,9?/m0/s1. The van der Waals surface area contributed by atoms with Gasteiger partial charge in [0.1, 0.15) is 0 Å². The summed E-state index contributed by atoms with van der Waals surface area (Å²) in [6.07, 6.45) is 3.72. The summed E-state index contributed by atoms with van der Waals surface area (Å²) in [7, 11) is 0. The van der Waals surface area contributed by atoms with Crippen LogP contribution in [0, 0.1) is 5.92 Å². The molecule has 0 aromatic carbocycles. The van der Waals surface area contributed by atoms with Gasteiger partial charge in [0.25, 0.3) is 0 Å². The molecular weight excluding hydrogens is 152 g/mol. The summed E-state index contributed by atoms with van der Waals surface area (Å²) in [4.78, 5) is 0. The molecular formula is C10H20O2. The number of ether oxygens (including phenoxy) is 1. The highest BCUT2D eigenvalue weighted by molar-refractivity contribution is 4.94. The molecule has 0 saturated carbocycles. The maximum Gasteiger partial charge on any atom is 0.0892 e. The predicted molar refractivity (Wildman–Crippen MR) is 49.1 cm³/mol.